The first-order valence-corrected chi connectivity index (χ1v) is 25.7. The van der Waals surface area contributed by atoms with Gasteiger partial charge in [0.15, 0.2) is 0 Å². The second-order valence-corrected chi connectivity index (χ2v) is 19.3. The van der Waals surface area contributed by atoms with Crippen molar-refractivity contribution in [2.24, 2.45) is 0 Å². The van der Waals surface area contributed by atoms with Crippen LogP contribution in [0.15, 0.2) is 24.3 Å². The van der Waals surface area contributed by atoms with Gasteiger partial charge in [-0.1, -0.05) is 212 Å². The number of nitrogens with zero attached hydrogens (tertiary/aromatic N) is 1. The smallest absolute Gasteiger partial charge is 0.387 e. The Balaban J connectivity index is 4.09. The maximum atomic E-state index is 12.7. The average Bonchev–Trinajstić information content (AvgIpc) is 3.16. The maximum Gasteiger partial charge on any atom is 0.472 e. The van der Waals surface area contributed by atoms with Crippen LogP contribution in [0.1, 0.15) is 226 Å². The van der Waals surface area contributed by atoms with Crippen molar-refractivity contribution in [2.45, 2.75) is 238 Å². The van der Waals surface area contributed by atoms with Gasteiger partial charge in [0.05, 0.1) is 39.9 Å². The van der Waals surface area contributed by atoms with Gasteiger partial charge in [0.2, 0.25) is 5.91 Å². The van der Waals surface area contributed by atoms with E-state index in [-0.39, 0.29) is 19.1 Å². The van der Waals surface area contributed by atoms with Crippen molar-refractivity contribution in [3.8, 4) is 0 Å². The van der Waals surface area contributed by atoms with Gasteiger partial charge >= 0.3 is 7.82 Å². The van der Waals surface area contributed by atoms with Gasteiger partial charge in [-0.3, -0.25) is 13.8 Å². The van der Waals surface area contributed by atoms with E-state index in [4.69, 9.17) is 9.05 Å². The summed E-state index contributed by atoms with van der Waals surface area (Å²) in [6.07, 6.45) is 48.7. The van der Waals surface area contributed by atoms with Crippen LogP contribution in [0.3, 0.4) is 0 Å². The lowest BCUT2D eigenvalue weighted by molar-refractivity contribution is -0.870. The minimum atomic E-state index is -4.33. The molecule has 3 atom stereocenters. The molecule has 8 nitrogen and oxygen atoms in total. The number of unbranched alkanes of at least 4 members (excludes halogenated alkanes) is 29. The predicted octanol–water partition coefficient (Wildman–Crippen LogP) is 13.7. The quantitative estimate of drug-likeness (QED) is 0.0244. The molecule has 0 heterocycles. The zero-order valence-electron chi connectivity index (χ0n) is 38.3. The lowest BCUT2D eigenvalue weighted by Gasteiger charge is -2.25. The molecule has 0 aromatic carbocycles. The van der Waals surface area contributed by atoms with E-state index < -0.39 is 20.0 Å². The monoisotopic (exact) mass is 828 g/mol. The molecule has 0 bridgehead atoms. The van der Waals surface area contributed by atoms with E-state index in [1.165, 1.54) is 167 Å². The van der Waals surface area contributed by atoms with Crippen LogP contribution < -0.4 is 5.32 Å². The summed E-state index contributed by atoms with van der Waals surface area (Å²) in [4.78, 5) is 22.9. The molecule has 0 saturated heterocycles. The number of carbonyl (C=O) groups excluding carboxylic acids is 1. The Labute approximate surface area is 354 Å². The predicted molar refractivity (Wildman–Crippen MR) is 245 cm³/mol. The van der Waals surface area contributed by atoms with Gasteiger partial charge in [-0.05, 0) is 32.1 Å². The Morgan fingerprint density at radius 1 is 0.579 bits per heavy atom. The third kappa shape index (κ3) is 42.9. The molecule has 3 N–H and O–H groups in total. The molecule has 338 valence electrons. The topological polar surface area (TPSA) is 105 Å². The fourth-order valence-electron chi connectivity index (χ4n) is 7.06. The van der Waals surface area contributed by atoms with Gasteiger partial charge in [0.1, 0.15) is 13.2 Å². The van der Waals surface area contributed by atoms with Gasteiger partial charge in [-0.25, -0.2) is 4.57 Å². The summed E-state index contributed by atoms with van der Waals surface area (Å²) in [5.41, 5.74) is 0. The zero-order valence-corrected chi connectivity index (χ0v) is 39.2. The van der Waals surface area contributed by atoms with Gasteiger partial charge < -0.3 is 19.8 Å². The van der Waals surface area contributed by atoms with Crippen LogP contribution in [0.5, 0.6) is 0 Å². The number of rotatable bonds is 44. The summed E-state index contributed by atoms with van der Waals surface area (Å²) in [5.74, 6) is -0.193. The highest BCUT2D eigenvalue weighted by Crippen LogP contribution is 2.43. The number of carbonyl (C=O) groups is 1. The van der Waals surface area contributed by atoms with Gasteiger partial charge in [0.25, 0.3) is 0 Å². The SMILES string of the molecule is CCCCCCCCCCCCCCCCCCCCCCCC/C=C/CC/C=C/C(O)C(COP(=O)(O)OCC[N+](C)(C)C)NC(=O)CCCCCCCCC. The van der Waals surface area contributed by atoms with Crippen molar-refractivity contribution in [2.75, 3.05) is 40.9 Å². The Morgan fingerprint density at radius 3 is 1.40 bits per heavy atom. The molecule has 0 fully saturated rings. The highest BCUT2D eigenvalue weighted by Gasteiger charge is 2.27. The standard InChI is InChI=1S/C48H95N2O6P/c1-6-8-10-12-14-15-16-17-18-19-20-21-22-23-24-25-26-27-28-29-30-31-32-33-34-36-37-39-41-47(51)46(45-56-57(53,54)55-44-43-50(3,4)5)49-48(52)42-40-38-35-13-11-9-7-2/h33-34,39,41,46-47,51H,6-32,35-38,40,42-45H2,1-5H3,(H-,49,52,53,54)/p+1/b34-33+,41-39+. The summed E-state index contributed by atoms with van der Waals surface area (Å²) >= 11 is 0. The van der Waals surface area contributed by atoms with Gasteiger partial charge in [-0.2, -0.15) is 0 Å². The van der Waals surface area contributed by atoms with Gasteiger partial charge in [-0.15, -0.1) is 0 Å². The van der Waals surface area contributed by atoms with Crippen LogP contribution >= 0.6 is 7.82 Å². The lowest BCUT2D eigenvalue weighted by atomic mass is 10.0. The zero-order chi connectivity index (χ0) is 42.1. The van der Waals surface area contributed by atoms with Crippen molar-refractivity contribution in [1.29, 1.82) is 0 Å². The largest absolute Gasteiger partial charge is 0.472 e. The molecule has 1 amide bonds. The summed E-state index contributed by atoms with van der Waals surface area (Å²) < 4.78 is 23.5. The number of nitrogens with one attached hydrogen (secondary N) is 1. The van der Waals surface area contributed by atoms with E-state index in [9.17, 15) is 19.4 Å². The Bertz CT molecular complexity index is 984. The minimum Gasteiger partial charge on any atom is -0.387 e. The first kappa shape index (κ1) is 56.0. The van der Waals surface area contributed by atoms with E-state index >= 15 is 0 Å². The highest BCUT2D eigenvalue weighted by molar-refractivity contribution is 7.47. The Morgan fingerprint density at radius 2 is 0.965 bits per heavy atom. The number of amides is 1. The third-order valence-corrected chi connectivity index (χ3v) is 11.9. The lowest BCUT2D eigenvalue weighted by Crippen LogP contribution is -2.45. The number of allylic oxidation sites excluding steroid dienone is 3. The van der Waals surface area contributed by atoms with E-state index in [0.29, 0.717) is 17.4 Å². The van der Waals surface area contributed by atoms with E-state index in [1.807, 2.05) is 27.2 Å². The molecule has 9 heteroatoms. The highest BCUT2D eigenvalue weighted by atomic mass is 31.2. The molecule has 0 spiro atoms. The van der Waals surface area contributed by atoms with Crippen LogP contribution in [0.25, 0.3) is 0 Å². The number of likely N-dealkylation sites (N-methyl/N-ethyl adjacent to an activating group) is 1. The first-order chi connectivity index (χ1) is 27.5. The third-order valence-electron chi connectivity index (χ3n) is 10.9. The van der Waals surface area contributed by atoms with Gasteiger partial charge in [0, 0.05) is 6.42 Å². The second-order valence-electron chi connectivity index (χ2n) is 17.8. The Hall–Kier alpha value is -1.02. The van der Waals surface area contributed by atoms with E-state index in [0.717, 1.165) is 38.5 Å². The minimum absolute atomic E-state index is 0.0577. The second kappa shape index (κ2) is 40.4. The fourth-order valence-corrected chi connectivity index (χ4v) is 7.79. The molecule has 0 aliphatic heterocycles. The van der Waals surface area contributed by atoms with Crippen LogP contribution in [0.4, 0.5) is 0 Å². The van der Waals surface area contributed by atoms with Crippen molar-refractivity contribution in [3.63, 3.8) is 0 Å². The molecule has 3 unspecified atom stereocenters. The fraction of sp³-hybridized carbons (Fsp3) is 0.896. The molecule has 0 radical (unpaired) electrons. The molecular weight excluding hydrogens is 732 g/mol. The van der Waals surface area contributed by atoms with Crippen molar-refractivity contribution in [1.82, 2.24) is 5.32 Å². The number of aliphatic hydroxyl groups is 1. The summed E-state index contributed by atoms with van der Waals surface area (Å²) in [6, 6.07) is -0.856. The number of quaternary nitrogens is 1. The number of hydrogen-bond donors (Lipinski definition) is 3. The summed E-state index contributed by atoms with van der Waals surface area (Å²) in [6.45, 7) is 4.75. The van der Waals surface area contributed by atoms with E-state index in [2.05, 4.69) is 31.3 Å². The van der Waals surface area contributed by atoms with Crippen LogP contribution in [0, 0.1) is 0 Å². The number of aliphatic hydroxyl groups excluding tert-OH is 1. The molecule has 0 saturated carbocycles. The van der Waals surface area contributed by atoms with Crippen molar-refractivity contribution >= 4 is 13.7 Å². The number of hydrogen-bond acceptors (Lipinski definition) is 5. The van der Waals surface area contributed by atoms with Crippen LogP contribution in [0.2, 0.25) is 0 Å². The Kier molecular flexibility index (Phi) is 39.7. The summed E-state index contributed by atoms with van der Waals surface area (Å²) in [7, 11) is 1.56. The van der Waals surface area contributed by atoms with E-state index in [1.54, 1.807) is 6.08 Å². The average molecular weight is 828 g/mol. The maximum absolute atomic E-state index is 12.7. The molecule has 0 rings (SSSR count). The molecular formula is C48H96N2O6P+. The molecule has 57 heavy (non-hydrogen) atoms. The molecule has 0 aromatic heterocycles. The van der Waals surface area contributed by atoms with Crippen LogP contribution in [-0.2, 0) is 18.4 Å². The first-order valence-electron chi connectivity index (χ1n) is 24.2. The number of phosphoric acid groups is 1. The van der Waals surface area contributed by atoms with Crippen LogP contribution in [-0.4, -0.2) is 73.4 Å². The van der Waals surface area contributed by atoms with Crippen molar-refractivity contribution in [3.05, 3.63) is 24.3 Å². The molecule has 0 aliphatic carbocycles. The van der Waals surface area contributed by atoms with Crippen molar-refractivity contribution < 1.29 is 32.9 Å². The normalized spacial score (nSPS) is 14.4. The summed E-state index contributed by atoms with van der Waals surface area (Å²) in [5, 5.41) is 13.7. The molecule has 0 aromatic rings. The number of phosphoric ester groups is 1. The molecule has 0 aliphatic rings.